The van der Waals surface area contributed by atoms with Gasteiger partial charge in [-0.05, 0) is 32.3 Å². The minimum absolute atomic E-state index is 0.102. The number of nitrogens with one attached hydrogen (secondary N) is 1. The predicted octanol–water partition coefficient (Wildman–Crippen LogP) is 2.61. The summed E-state index contributed by atoms with van der Waals surface area (Å²) in [6.07, 6.45) is 4.48. The second kappa shape index (κ2) is 4.33. The largest absolute Gasteiger partial charge is 0.324 e. The van der Waals surface area contributed by atoms with Crippen molar-refractivity contribution in [1.82, 2.24) is 14.8 Å². The number of carbonyl (C=O) groups excluding carboxylic acids is 1. The normalized spacial score (nSPS) is 21.9. The molecule has 3 rings (SSSR count). The molecule has 5 nitrogen and oxygen atoms in total. The molecule has 19 heavy (non-hydrogen) atoms. The van der Waals surface area contributed by atoms with Crippen LogP contribution in [-0.2, 0) is 4.79 Å². The average Bonchev–Trinajstić information content (AvgIpc) is 2.95. The lowest BCUT2D eigenvalue weighted by Crippen LogP contribution is -2.14. The smallest absolute Gasteiger partial charge is 0.227 e. The zero-order valence-electron chi connectivity index (χ0n) is 11.4. The Morgan fingerprint density at radius 3 is 2.84 bits per heavy atom. The predicted molar refractivity (Wildman–Crippen MR) is 73.8 cm³/mol. The minimum Gasteiger partial charge on any atom is -0.324 e. The quantitative estimate of drug-likeness (QED) is 0.920. The Morgan fingerprint density at radius 2 is 2.21 bits per heavy atom. The summed E-state index contributed by atoms with van der Waals surface area (Å²) in [5.41, 5.74) is 1.60. The summed E-state index contributed by atoms with van der Waals surface area (Å²) in [4.78, 5) is 16.3. The topological polar surface area (TPSA) is 59.8 Å². The summed E-state index contributed by atoms with van der Waals surface area (Å²) < 4.78 is 1.88. The van der Waals surface area contributed by atoms with Gasteiger partial charge in [0.1, 0.15) is 0 Å². The van der Waals surface area contributed by atoms with Crippen LogP contribution in [0.15, 0.2) is 18.5 Å². The van der Waals surface area contributed by atoms with Gasteiger partial charge in [0.25, 0.3) is 0 Å². The fourth-order valence-corrected chi connectivity index (χ4v) is 2.31. The molecule has 1 amide bonds. The van der Waals surface area contributed by atoms with Crippen LogP contribution >= 0.6 is 0 Å². The van der Waals surface area contributed by atoms with Gasteiger partial charge >= 0.3 is 0 Å². The van der Waals surface area contributed by atoms with Crippen LogP contribution in [0.5, 0.6) is 0 Å². The second-order valence-electron chi connectivity index (χ2n) is 5.63. The molecule has 2 atom stereocenters. The monoisotopic (exact) mass is 258 g/mol. The number of anilines is 1. The highest BCUT2D eigenvalue weighted by molar-refractivity contribution is 5.95. The lowest BCUT2D eigenvalue weighted by atomic mass is 10.3. The number of hydrogen-bond acceptors (Lipinski definition) is 3. The molecule has 1 N–H and O–H groups in total. The minimum atomic E-state index is 0.102. The number of aromatic nitrogens is 3. The van der Waals surface area contributed by atoms with Gasteiger partial charge in [0.2, 0.25) is 5.91 Å². The van der Waals surface area contributed by atoms with Crippen molar-refractivity contribution >= 4 is 22.6 Å². The molecule has 5 heteroatoms. The summed E-state index contributed by atoms with van der Waals surface area (Å²) in [6, 6.07) is 2.21. The Balaban J connectivity index is 1.84. The fraction of sp³-hybridized carbons (Fsp3) is 0.500. The van der Waals surface area contributed by atoms with Crippen LogP contribution in [-0.4, -0.2) is 20.7 Å². The Labute approximate surface area is 112 Å². The number of pyridine rings is 1. The maximum absolute atomic E-state index is 11.9. The number of fused-ring (bicyclic) bond motifs is 1. The van der Waals surface area contributed by atoms with E-state index in [-0.39, 0.29) is 17.9 Å². The molecule has 0 bridgehead atoms. The number of hydrogen-bond donors (Lipinski definition) is 1. The van der Waals surface area contributed by atoms with Crippen LogP contribution in [0, 0.1) is 11.8 Å². The van der Waals surface area contributed by atoms with Crippen molar-refractivity contribution < 1.29 is 4.79 Å². The van der Waals surface area contributed by atoms with Crippen LogP contribution in [0.1, 0.15) is 33.2 Å². The van der Waals surface area contributed by atoms with Crippen molar-refractivity contribution in [3.63, 3.8) is 0 Å². The summed E-state index contributed by atoms with van der Waals surface area (Å²) in [6.45, 7) is 6.23. The second-order valence-corrected chi connectivity index (χ2v) is 5.63. The molecule has 0 spiro atoms. The first kappa shape index (κ1) is 12.1. The van der Waals surface area contributed by atoms with Gasteiger partial charge in [-0.15, -0.1) is 0 Å². The summed E-state index contributed by atoms with van der Waals surface area (Å²) in [5, 5.41) is 8.20. The molecular formula is C14H18N4O. The lowest BCUT2D eigenvalue weighted by molar-refractivity contribution is -0.117. The van der Waals surface area contributed by atoms with Crippen molar-refractivity contribution in [3.05, 3.63) is 18.5 Å². The zero-order chi connectivity index (χ0) is 13.6. The van der Waals surface area contributed by atoms with E-state index >= 15 is 0 Å². The molecule has 0 aliphatic heterocycles. The standard InChI is InChI=1S/C14H18N4O/c1-8(2)18-13-10(6-16-18)5-11(7-15-13)17-14(19)12-4-9(12)3/h5-9,12H,4H2,1-3H3,(H,17,19). The van der Waals surface area contributed by atoms with Gasteiger partial charge in [-0.25, -0.2) is 9.67 Å². The van der Waals surface area contributed by atoms with E-state index in [1.165, 1.54) is 0 Å². The number of amides is 1. The Morgan fingerprint density at radius 1 is 1.47 bits per heavy atom. The first-order valence-corrected chi connectivity index (χ1v) is 6.70. The fourth-order valence-electron chi connectivity index (χ4n) is 2.31. The molecule has 2 aromatic rings. The van der Waals surface area contributed by atoms with E-state index in [0.29, 0.717) is 5.92 Å². The van der Waals surface area contributed by atoms with E-state index < -0.39 is 0 Å². The summed E-state index contributed by atoms with van der Waals surface area (Å²) >= 11 is 0. The van der Waals surface area contributed by atoms with Gasteiger partial charge in [-0.3, -0.25) is 4.79 Å². The highest BCUT2D eigenvalue weighted by atomic mass is 16.2. The van der Waals surface area contributed by atoms with E-state index in [4.69, 9.17) is 0 Å². The molecule has 1 saturated carbocycles. The molecule has 2 aromatic heterocycles. The molecule has 1 aliphatic carbocycles. The first-order chi connectivity index (χ1) is 9.06. The van der Waals surface area contributed by atoms with Crippen LogP contribution in [0.3, 0.4) is 0 Å². The third kappa shape index (κ3) is 2.20. The maximum Gasteiger partial charge on any atom is 0.227 e. The molecular weight excluding hydrogens is 240 g/mol. The Bertz CT molecular complexity index is 631. The third-order valence-corrected chi connectivity index (χ3v) is 3.64. The molecule has 0 saturated heterocycles. The van der Waals surface area contributed by atoms with E-state index in [1.807, 2.05) is 10.7 Å². The highest BCUT2D eigenvalue weighted by Gasteiger charge is 2.39. The van der Waals surface area contributed by atoms with Gasteiger partial charge in [-0.1, -0.05) is 6.92 Å². The van der Waals surface area contributed by atoms with Crippen molar-refractivity contribution in [2.45, 2.75) is 33.2 Å². The molecule has 2 heterocycles. The molecule has 100 valence electrons. The highest BCUT2D eigenvalue weighted by Crippen LogP contribution is 2.38. The summed E-state index contributed by atoms with van der Waals surface area (Å²) in [5.74, 6) is 0.791. The zero-order valence-corrected chi connectivity index (χ0v) is 11.4. The number of carbonyl (C=O) groups is 1. The molecule has 0 aromatic carbocycles. The van der Waals surface area contributed by atoms with Crippen LogP contribution in [0.2, 0.25) is 0 Å². The lowest BCUT2D eigenvalue weighted by Gasteiger charge is -2.07. The number of rotatable bonds is 3. The third-order valence-electron chi connectivity index (χ3n) is 3.64. The van der Waals surface area contributed by atoms with E-state index in [1.54, 1.807) is 12.4 Å². The van der Waals surface area contributed by atoms with Crippen molar-refractivity contribution in [3.8, 4) is 0 Å². The van der Waals surface area contributed by atoms with Crippen LogP contribution in [0.4, 0.5) is 5.69 Å². The van der Waals surface area contributed by atoms with Crippen LogP contribution < -0.4 is 5.32 Å². The van der Waals surface area contributed by atoms with Gasteiger partial charge in [0, 0.05) is 17.3 Å². The van der Waals surface area contributed by atoms with Crippen molar-refractivity contribution in [2.24, 2.45) is 11.8 Å². The molecule has 1 fully saturated rings. The average molecular weight is 258 g/mol. The van der Waals surface area contributed by atoms with Crippen LogP contribution in [0.25, 0.3) is 11.0 Å². The van der Waals surface area contributed by atoms with Gasteiger partial charge in [-0.2, -0.15) is 5.10 Å². The van der Waals surface area contributed by atoms with E-state index in [2.05, 4.69) is 36.2 Å². The summed E-state index contributed by atoms with van der Waals surface area (Å²) in [7, 11) is 0. The maximum atomic E-state index is 11.9. The molecule has 1 aliphatic rings. The van der Waals surface area contributed by atoms with E-state index in [9.17, 15) is 4.79 Å². The number of nitrogens with zero attached hydrogens (tertiary/aromatic N) is 3. The Kier molecular flexibility index (Phi) is 2.77. The molecule has 2 unspecified atom stereocenters. The SMILES string of the molecule is CC1CC1C(=O)Nc1cnc2c(cnn2C(C)C)c1. The van der Waals surface area contributed by atoms with Crippen molar-refractivity contribution in [1.29, 1.82) is 0 Å². The van der Waals surface area contributed by atoms with Gasteiger partial charge in [0.05, 0.1) is 18.1 Å². The van der Waals surface area contributed by atoms with E-state index in [0.717, 1.165) is 23.1 Å². The molecule has 0 radical (unpaired) electrons. The Hall–Kier alpha value is -1.91. The van der Waals surface area contributed by atoms with Gasteiger partial charge in [0.15, 0.2) is 5.65 Å². The first-order valence-electron chi connectivity index (χ1n) is 6.70. The van der Waals surface area contributed by atoms with Crippen molar-refractivity contribution in [2.75, 3.05) is 5.32 Å². The van der Waals surface area contributed by atoms with Gasteiger partial charge < -0.3 is 5.32 Å².